The Morgan fingerprint density at radius 1 is 1.23 bits per heavy atom. The summed E-state index contributed by atoms with van der Waals surface area (Å²) in [6, 6.07) is 7.37. The SMILES string of the molecule is O=C(CC1(O)CCCCC1)Nc1ccc(-c2cnco2)cc1. The van der Waals surface area contributed by atoms with Crippen molar-refractivity contribution in [3.05, 3.63) is 36.9 Å². The minimum atomic E-state index is -0.831. The van der Waals surface area contributed by atoms with Gasteiger partial charge in [0.15, 0.2) is 12.2 Å². The predicted molar refractivity (Wildman–Crippen MR) is 83.2 cm³/mol. The van der Waals surface area contributed by atoms with Crippen LogP contribution in [0.25, 0.3) is 11.3 Å². The Morgan fingerprint density at radius 2 is 1.95 bits per heavy atom. The quantitative estimate of drug-likeness (QED) is 0.907. The van der Waals surface area contributed by atoms with Crippen LogP contribution in [0.2, 0.25) is 0 Å². The number of benzene rings is 1. The van der Waals surface area contributed by atoms with Gasteiger partial charge in [0.25, 0.3) is 0 Å². The highest BCUT2D eigenvalue weighted by Gasteiger charge is 2.31. The second kappa shape index (κ2) is 6.32. The van der Waals surface area contributed by atoms with Crippen LogP contribution in [0.3, 0.4) is 0 Å². The fraction of sp³-hybridized carbons (Fsp3) is 0.412. The molecule has 0 radical (unpaired) electrons. The van der Waals surface area contributed by atoms with Crippen LogP contribution in [-0.2, 0) is 4.79 Å². The standard InChI is InChI=1S/C17H20N2O3/c20-16(10-17(21)8-2-1-3-9-17)19-14-6-4-13(5-7-14)15-11-18-12-22-15/h4-7,11-12,21H,1-3,8-10H2,(H,19,20). The number of carbonyl (C=O) groups excluding carboxylic acids is 1. The molecule has 0 spiro atoms. The van der Waals surface area contributed by atoms with Crippen LogP contribution < -0.4 is 5.32 Å². The van der Waals surface area contributed by atoms with E-state index in [-0.39, 0.29) is 12.3 Å². The van der Waals surface area contributed by atoms with Crippen LogP contribution >= 0.6 is 0 Å². The number of aliphatic hydroxyl groups is 1. The molecule has 1 aromatic carbocycles. The van der Waals surface area contributed by atoms with E-state index >= 15 is 0 Å². The molecule has 1 aliphatic rings. The average Bonchev–Trinajstić information content (AvgIpc) is 3.02. The van der Waals surface area contributed by atoms with Gasteiger partial charge in [0.1, 0.15) is 0 Å². The Morgan fingerprint density at radius 3 is 2.59 bits per heavy atom. The lowest BCUT2D eigenvalue weighted by molar-refractivity contribution is -0.122. The summed E-state index contributed by atoms with van der Waals surface area (Å²) in [6.07, 6.45) is 7.76. The van der Waals surface area contributed by atoms with Crippen LogP contribution in [0, 0.1) is 0 Å². The van der Waals surface area contributed by atoms with Gasteiger partial charge < -0.3 is 14.8 Å². The summed E-state index contributed by atoms with van der Waals surface area (Å²) < 4.78 is 5.22. The van der Waals surface area contributed by atoms with Crippen LogP contribution in [0.15, 0.2) is 41.3 Å². The van der Waals surface area contributed by atoms with Gasteiger partial charge >= 0.3 is 0 Å². The van der Waals surface area contributed by atoms with Crippen LogP contribution in [0.4, 0.5) is 5.69 Å². The zero-order valence-corrected chi connectivity index (χ0v) is 12.4. The molecule has 5 heteroatoms. The minimum absolute atomic E-state index is 0.142. The lowest BCUT2D eigenvalue weighted by Gasteiger charge is -2.31. The molecule has 1 saturated carbocycles. The van der Waals surface area contributed by atoms with E-state index in [1.807, 2.05) is 24.3 Å². The third-order valence-corrected chi connectivity index (χ3v) is 4.16. The molecule has 1 heterocycles. The number of carbonyl (C=O) groups is 1. The molecular weight excluding hydrogens is 280 g/mol. The lowest BCUT2D eigenvalue weighted by atomic mass is 9.82. The maximum absolute atomic E-state index is 12.1. The number of hydrogen-bond donors (Lipinski definition) is 2. The van der Waals surface area contributed by atoms with Crippen molar-refractivity contribution in [2.75, 3.05) is 5.32 Å². The van der Waals surface area contributed by atoms with Crippen molar-refractivity contribution in [1.29, 1.82) is 0 Å². The first-order valence-corrected chi connectivity index (χ1v) is 7.66. The molecule has 5 nitrogen and oxygen atoms in total. The third-order valence-electron chi connectivity index (χ3n) is 4.16. The minimum Gasteiger partial charge on any atom is -0.444 e. The zero-order valence-electron chi connectivity index (χ0n) is 12.4. The molecule has 1 amide bonds. The van der Waals surface area contributed by atoms with E-state index in [0.29, 0.717) is 24.3 Å². The number of nitrogens with one attached hydrogen (secondary N) is 1. The first-order valence-electron chi connectivity index (χ1n) is 7.66. The first kappa shape index (κ1) is 14.8. The van der Waals surface area contributed by atoms with E-state index in [1.54, 1.807) is 6.20 Å². The first-order chi connectivity index (χ1) is 10.6. The van der Waals surface area contributed by atoms with E-state index < -0.39 is 5.60 Å². The topological polar surface area (TPSA) is 75.4 Å². The van der Waals surface area contributed by atoms with Gasteiger partial charge in [-0.1, -0.05) is 19.3 Å². The second-order valence-electron chi connectivity index (χ2n) is 5.95. The number of rotatable bonds is 4. The number of amides is 1. The molecule has 0 atom stereocenters. The maximum atomic E-state index is 12.1. The van der Waals surface area contributed by atoms with Crippen molar-refractivity contribution < 1.29 is 14.3 Å². The largest absolute Gasteiger partial charge is 0.444 e. The van der Waals surface area contributed by atoms with Gasteiger partial charge in [-0.25, -0.2) is 4.98 Å². The van der Waals surface area contributed by atoms with Crippen molar-refractivity contribution in [2.45, 2.75) is 44.1 Å². The number of oxazole rings is 1. The summed E-state index contributed by atoms with van der Waals surface area (Å²) in [5, 5.41) is 13.3. The van der Waals surface area contributed by atoms with Crippen molar-refractivity contribution in [1.82, 2.24) is 4.98 Å². The van der Waals surface area contributed by atoms with Gasteiger partial charge in [0.2, 0.25) is 5.91 Å². The Labute approximate surface area is 129 Å². The summed E-state index contributed by atoms with van der Waals surface area (Å²) in [6.45, 7) is 0. The van der Waals surface area contributed by atoms with Gasteiger partial charge in [0, 0.05) is 11.3 Å². The van der Waals surface area contributed by atoms with E-state index in [9.17, 15) is 9.90 Å². The van der Waals surface area contributed by atoms with Crippen LogP contribution in [0.5, 0.6) is 0 Å². The fourth-order valence-electron chi connectivity index (χ4n) is 2.97. The number of anilines is 1. The highest BCUT2D eigenvalue weighted by Crippen LogP contribution is 2.31. The van der Waals surface area contributed by atoms with Crippen molar-refractivity contribution in [3.8, 4) is 11.3 Å². The molecule has 0 aliphatic heterocycles. The smallest absolute Gasteiger partial charge is 0.227 e. The molecule has 2 aromatic rings. The molecule has 1 aliphatic carbocycles. The van der Waals surface area contributed by atoms with Gasteiger partial charge in [-0.2, -0.15) is 0 Å². The number of hydrogen-bond acceptors (Lipinski definition) is 4. The second-order valence-corrected chi connectivity index (χ2v) is 5.95. The van der Waals surface area contributed by atoms with E-state index in [1.165, 1.54) is 6.39 Å². The Balaban J connectivity index is 1.59. The van der Waals surface area contributed by atoms with Crippen molar-refractivity contribution in [3.63, 3.8) is 0 Å². The van der Waals surface area contributed by atoms with Gasteiger partial charge in [-0.15, -0.1) is 0 Å². The van der Waals surface area contributed by atoms with Crippen LogP contribution in [-0.4, -0.2) is 21.6 Å². The lowest BCUT2D eigenvalue weighted by Crippen LogP contribution is -2.35. The molecular formula is C17H20N2O3. The van der Waals surface area contributed by atoms with Crippen LogP contribution in [0.1, 0.15) is 38.5 Å². The fourth-order valence-corrected chi connectivity index (χ4v) is 2.97. The van der Waals surface area contributed by atoms with Gasteiger partial charge in [0.05, 0.1) is 18.2 Å². The number of nitrogens with zero attached hydrogens (tertiary/aromatic N) is 1. The molecule has 22 heavy (non-hydrogen) atoms. The third kappa shape index (κ3) is 3.54. The maximum Gasteiger partial charge on any atom is 0.227 e. The summed E-state index contributed by atoms with van der Waals surface area (Å²) in [5.74, 6) is 0.547. The predicted octanol–water partition coefficient (Wildman–Crippen LogP) is 3.37. The van der Waals surface area contributed by atoms with Gasteiger partial charge in [-0.3, -0.25) is 4.79 Å². The Kier molecular flexibility index (Phi) is 4.24. The van der Waals surface area contributed by atoms with Crippen molar-refractivity contribution >= 4 is 11.6 Å². The molecule has 3 rings (SSSR count). The average molecular weight is 300 g/mol. The molecule has 0 saturated heterocycles. The zero-order chi connectivity index (χ0) is 15.4. The number of aromatic nitrogens is 1. The monoisotopic (exact) mass is 300 g/mol. The van der Waals surface area contributed by atoms with E-state index in [0.717, 1.165) is 24.8 Å². The molecule has 1 fully saturated rings. The highest BCUT2D eigenvalue weighted by atomic mass is 16.3. The molecule has 0 bridgehead atoms. The molecule has 0 unspecified atom stereocenters. The molecule has 1 aromatic heterocycles. The van der Waals surface area contributed by atoms with E-state index in [2.05, 4.69) is 10.3 Å². The molecule has 2 N–H and O–H groups in total. The van der Waals surface area contributed by atoms with E-state index in [4.69, 9.17) is 4.42 Å². The van der Waals surface area contributed by atoms with Gasteiger partial charge in [-0.05, 0) is 37.1 Å². The normalized spacial score (nSPS) is 17.1. The highest BCUT2D eigenvalue weighted by molar-refractivity contribution is 5.91. The summed E-state index contributed by atoms with van der Waals surface area (Å²) >= 11 is 0. The summed E-state index contributed by atoms with van der Waals surface area (Å²) in [5.41, 5.74) is 0.788. The summed E-state index contributed by atoms with van der Waals surface area (Å²) in [7, 11) is 0. The van der Waals surface area contributed by atoms with Crippen molar-refractivity contribution in [2.24, 2.45) is 0 Å². The summed E-state index contributed by atoms with van der Waals surface area (Å²) in [4.78, 5) is 16.0. The molecule has 116 valence electrons. The Bertz CT molecular complexity index is 614. The Hall–Kier alpha value is -2.14.